The summed E-state index contributed by atoms with van der Waals surface area (Å²) in [5.74, 6) is -2.07. The van der Waals surface area contributed by atoms with Crippen molar-refractivity contribution in [2.75, 3.05) is 28.3 Å². The molecule has 0 radical (unpaired) electrons. The minimum Gasteiger partial charge on any atom is -0.443 e. The van der Waals surface area contributed by atoms with Crippen LogP contribution in [0.2, 0.25) is 0 Å². The minimum absolute atomic E-state index is 0.0500. The Hall–Kier alpha value is -4.62. The van der Waals surface area contributed by atoms with E-state index >= 15 is 0 Å². The monoisotopic (exact) mass is 610 g/mol. The van der Waals surface area contributed by atoms with E-state index in [9.17, 15) is 28.7 Å². The Kier molecular flexibility index (Phi) is 9.21. The lowest BCUT2D eigenvalue weighted by atomic mass is 10.1. The molecule has 1 fully saturated rings. The largest absolute Gasteiger partial charge is 0.443 e. The van der Waals surface area contributed by atoms with Crippen molar-refractivity contribution < 1.29 is 42.9 Å². The number of benzene rings is 2. The van der Waals surface area contributed by atoms with Crippen molar-refractivity contribution >= 4 is 52.0 Å². The van der Waals surface area contributed by atoms with E-state index in [1.54, 1.807) is 53.7 Å². The highest BCUT2D eigenvalue weighted by Crippen LogP contribution is 2.30. The molecule has 0 unspecified atom stereocenters. The fourth-order valence-electron chi connectivity index (χ4n) is 4.34. The first-order valence-corrected chi connectivity index (χ1v) is 13.9. The van der Waals surface area contributed by atoms with Gasteiger partial charge in [0, 0.05) is 29.5 Å². The number of carbonyl (C=O) groups is 4. The van der Waals surface area contributed by atoms with Gasteiger partial charge in [-0.2, -0.15) is 4.90 Å². The number of carbonyl (C=O) groups excluding carboxylic acids is 4. The molecule has 4 rings (SSSR count). The molecule has 44 heavy (non-hydrogen) atoms. The Morgan fingerprint density at radius 3 is 2.23 bits per heavy atom. The average molecular weight is 611 g/mol. The molecule has 1 aliphatic heterocycles. The van der Waals surface area contributed by atoms with Gasteiger partial charge in [0.1, 0.15) is 17.0 Å². The maximum atomic E-state index is 13.3. The third-order valence-corrected chi connectivity index (χ3v) is 6.19. The predicted molar refractivity (Wildman–Crippen MR) is 160 cm³/mol. The zero-order chi connectivity index (χ0) is 32.4. The normalized spacial score (nSPS) is 16.3. The Balaban J connectivity index is 1.57. The number of nitrogens with zero attached hydrogens (tertiary/aromatic N) is 3. The van der Waals surface area contributed by atoms with Crippen LogP contribution in [0.1, 0.15) is 41.5 Å². The number of hydrogen-bond acceptors (Lipinski definition) is 9. The number of fused-ring (bicyclic) bond motifs is 1. The summed E-state index contributed by atoms with van der Waals surface area (Å²) in [5, 5.41) is 14.2. The van der Waals surface area contributed by atoms with Crippen LogP contribution in [0.4, 0.5) is 31.2 Å². The number of aromatic nitrogens is 1. The number of pyridine rings is 1. The summed E-state index contributed by atoms with van der Waals surface area (Å²) in [5.41, 5.74) is -1.18. The number of hydrogen-bond donors (Lipinski definition) is 2. The average Bonchev–Trinajstić information content (AvgIpc) is 2.91. The Labute approximate surface area is 253 Å². The van der Waals surface area contributed by atoms with E-state index in [1.807, 2.05) is 0 Å². The number of nitrogens with one attached hydrogen (secondary N) is 1. The van der Waals surface area contributed by atoms with E-state index in [4.69, 9.17) is 14.2 Å². The standard InChI is InChI=1S/C31H35FN4O8/c1-30(2,3)43-28(40)36(29(41)44-31(4,5)6)25-22-12-9-20(17-18(22)13-14-33-25)34-26(38)23(37)24-27(39)35(15-16-42-24)21-10-7-19(32)8-11-21/h7-14,17,23-24,37H,15-16H2,1-6H3,(H,34,38)/t23-,24-/m1/s1. The molecule has 2 N–H and O–H groups in total. The Morgan fingerprint density at radius 1 is 1.02 bits per heavy atom. The summed E-state index contributed by atoms with van der Waals surface area (Å²) < 4.78 is 29.7. The van der Waals surface area contributed by atoms with Crippen molar-refractivity contribution in [3.05, 3.63) is 60.5 Å². The molecule has 2 aromatic carbocycles. The number of rotatable bonds is 5. The van der Waals surface area contributed by atoms with Crippen molar-refractivity contribution in [1.29, 1.82) is 0 Å². The molecule has 2 atom stereocenters. The van der Waals surface area contributed by atoms with Gasteiger partial charge in [-0.25, -0.2) is 19.0 Å². The van der Waals surface area contributed by atoms with Crippen molar-refractivity contribution in [3.63, 3.8) is 0 Å². The summed E-state index contributed by atoms with van der Waals surface area (Å²) in [7, 11) is 0. The first kappa shape index (κ1) is 32.3. The van der Waals surface area contributed by atoms with Crippen LogP contribution in [0.25, 0.3) is 10.8 Å². The lowest BCUT2D eigenvalue weighted by molar-refractivity contribution is -0.150. The topological polar surface area (TPSA) is 148 Å². The van der Waals surface area contributed by atoms with Crippen LogP contribution < -0.4 is 15.1 Å². The van der Waals surface area contributed by atoms with E-state index in [-0.39, 0.29) is 24.7 Å². The quantitative estimate of drug-likeness (QED) is 0.416. The lowest BCUT2D eigenvalue weighted by Crippen LogP contribution is -2.55. The highest BCUT2D eigenvalue weighted by atomic mass is 19.1. The SMILES string of the molecule is CC(C)(C)OC(=O)N(C(=O)OC(C)(C)C)c1nccc2cc(NC(=O)[C@H](O)[C@H]3OCCN(c4ccc(F)cc4)C3=O)ccc12. The lowest BCUT2D eigenvalue weighted by Gasteiger charge is -2.34. The zero-order valence-electron chi connectivity index (χ0n) is 25.3. The van der Waals surface area contributed by atoms with Gasteiger partial charge in [0.2, 0.25) is 0 Å². The number of aliphatic hydroxyl groups is 1. The molecule has 13 heteroatoms. The van der Waals surface area contributed by atoms with Gasteiger partial charge < -0.3 is 29.5 Å². The third kappa shape index (κ3) is 7.66. The van der Waals surface area contributed by atoms with Crippen LogP contribution in [0.15, 0.2) is 54.7 Å². The molecule has 4 amide bonds. The van der Waals surface area contributed by atoms with Gasteiger partial charge in [-0.05, 0) is 95.5 Å². The summed E-state index contributed by atoms with van der Waals surface area (Å²) in [4.78, 5) is 58.6. The molecule has 1 aliphatic rings. The van der Waals surface area contributed by atoms with E-state index < -0.39 is 53.2 Å². The maximum absolute atomic E-state index is 13.3. The van der Waals surface area contributed by atoms with Gasteiger partial charge in [-0.3, -0.25) is 9.59 Å². The smallest absolute Gasteiger partial charge is 0.425 e. The second kappa shape index (κ2) is 12.5. The first-order chi connectivity index (χ1) is 20.5. The van der Waals surface area contributed by atoms with Gasteiger partial charge in [-0.15, -0.1) is 0 Å². The number of halogens is 1. The van der Waals surface area contributed by atoms with Gasteiger partial charge >= 0.3 is 12.2 Å². The van der Waals surface area contributed by atoms with Crippen molar-refractivity contribution in [1.82, 2.24) is 4.98 Å². The molecule has 0 saturated carbocycles. The second-order valence-corrected chi connectivity index (χ2v) is 12.1. The highest BCUT2D eigenvalue weighted by Gasteiger charge is 2.39. The molecule has 0 aliphatic carbocycles. The molecule has 0 spiro atoms. The zero-order valence-corrected chi connectivity index (χ0v) is 25.3. The van der Waals surface area contributed by atoms with E-state index in [0.717, 1.165) is 0 Å². The van der Waals surface area contributed by atoms with E-state index in [2.05, 4.69) is 10.3 Å². The van der Waals surface area contributed by atoms with Crippen LogP contribution in [0, 0.1) is 5.82 Å². The molecule has 3 aromatic rings. The van der Waals surface area contributed by atoms with Gasteiger partial charge in [0.05, 0.1) is 6.61 Å². The fourth-order valence-corrected chi connectivity index (χ4v) is 4.34. The Bertz CT molecular complexity index is 1540. The van der Waals surface area contributed by atoms with E-state index in [1.165, 1.54) is 47.5 Å². The molecule has 12 nitrogen and oxygen atoms in total. The summed E-state index contributed by atoms with van der Waals surface area (Å²) in [6, 6.07) is 11.4. The van der Waals surface area contributed by atoms with Crippen molar-refractivity contribution in [2.24, 2.45) is 0 Å². The van der Waals surface area contributed by atoms with Gasteiger partial charge in [0.15, 0.2) is 18.0 Å². The molecular formula is C31H35FN4O8. The van der Waals surface area contributed by atoms with Gasteiger partial charge in [0.25, 0.3) is 11.8 Å². The first-order valence-electron chi connectivity index (χ1n) is 13.9. The predicted octanol–water partition coefficient (Wildman–Crippen LogP) is 4.78. The van der Waals surface area contributed by atoms with Gasteiger partial charge in [-0.1, -0.05) is 0 Å². The molecule has 2 heterocycles. The van der Waals surface area contributed by atoms with Crippen LogP contribution in [-0.2, 0) is 23.8 Å². The molecule has 234 valence electrons. The van der Waals surface area contributed by atoms with Crippen LogP contribution in [0.5, 0.6) is 0 Å². The molecule has 1 saturated heterocycles. The number of ether oxygens (including phenoxy) is 3. The maximum Gasteiger partial charge on any atom is 0.425 e. The third-order valence-electron chi connectivity index (χ3n) is 6.19. The van der Waals surface area contributed by atoms with Crippen LogP contribution in [0.3, 0.4) is 0 Å². The number of amides is 4. The number of aliphatic hydroxyl groups excluding tert-OH is 1. The Morgan fingerprint density at radius 2 is 1.64 bits per heavy atom. The van der Waals surface area contributed by atoms with Crippen molar-refractivity contribution in [2.45, 2.75) is 65.0 Å². The van der Waals surface area contributed by atoms with Crippen molar-refractivity contribution in [3.8, 4) is 0 Å². The molecular weight excluding hydrogens is 575 g/mol. The number of morpholine rings is 1. The number of imide groups is 1. The second-order valence-electron chi connectivity index (χ2n) is 12.1. The summed E-state index contributed by atoms with van der Waals surface area (Å²) >= 11 is 0. The van der Waals surface area contributed by atoms with E-state index in [0.29, 0.717) is 21.4 Å². The van der Waals surface area contributed by atoms with Crippen LogP contribution >= 0.6 is 0 Å². The summed E-state index contributed by atoms with van der Waals surface area (Å²) in [6.07, 6.45) is -3.94. The minimum atomic E-state index is -1.86. The number of anilines is 3. The molecule has 0 bridgehead atoms. The molecule has 1 aromatic heterocycles. The highest BCUT2D eigenvalue weighted by molar-refractivity contribution is 6.14. The van der Waals surface area contributed by atoms with Crippen LogP contribution in [-0.4, -0.2) is 70.7 Å². The summed E-state index contributed by atoms with van der Waals surface area (Å²) in [6.45, 7) is 10.2. The fraction of sp³-hybridized carbons (Fsp3) is 0.387.